The number of furan rings is 1. The van der Waals surface area contributed by atoms with E-state index in [9.17, 15) is 22.4 Å². The number of benzene rings is 1. The van der Waals surface area contributed by atoms with Gasteiger partial charge in [0.15, 0.2) is 0 Å². The van der Waals surface area contributed by atoms with E-state index in [1.807, 2.05) is 22.6 Å². The second kappa shape index (κ2) is 11.0. The summed E-state index contributed by atoms with van der Waals surface area (Å²) in [5, 5.41) is 11.7. The normalized spacial score (nSPS) is 11.4. The largest absolute Gasteiger partial charge is 0.481 e. The molecule has 12 heteroatoms. The van der Waals surface area contributed by atoms with Crippen LogP contribution in [-0.4, -0.2) is 48.3 Å². The number of hydrogen-bond donors (Lipinski definition) is 3. The van der Waals surface area contributed by atoms with Crippen LogP contribution in [0.1, 0.15) is 35.3 Å². The molecule has 1 aromatic carbocycles. The molecule has 2 N–H and O–H groups in total. The Morgan fingerprint density at radius 1 is 1.24 bits per heavy atom. The molecule has 0 unspecified atom stereocenters. The zero-order valence-electron chi connectivity index (χ0n) is 17.5. The molecule has 0 fully saturated rings. The molecule has 0 radical (unpaired) electrons. The number of unbranched alkanes of at least 4 members (excludes halogenated alkanes) is 1. The third-order valence-corrected chi connectivity index (χ3v) is 6.63. The van der Waals surface area contributed by atoms with Crippen LogP contribution in [0.3, 0.4) is 0 Å². The van der Waals surface area contributed by atoms with Gasteiger partial charge in [-0.2, -0.15) is 4.31 Å². The fourth-order valence-corrected chi connectivity index (χ4v) is 4.42. The highest BCUT2D eigenvalue weighted by molar-refractivity contribution is 14.1. The highest BCUT2D eigenvalue weighted by Gasteiger charge is 2.24. The molecule has 0 spiro atoms. The summed E-state index contributed by atoms with van der Waals surface area (Å²) >= 11 is 2.01. The molecule has 0 aliphatic rings. The van der Waals surface area contributed by atoms with Crippen molar-refractivity contribution in [2.75, 3.05) is 13.6 Å². The number of nitrogens with zero attached hydrogens (tertiary/aromatic N) is 2. The average molecular weight is 589 g/mol. The van der Waals surface area contributed by atoms with Crippen molar-refractivity contribution in [3.05, 3.63) is 51.0 Å². The molecule has 0 saturated heterocycles. The number of carboxylic acid groups (broad SMARTS) is 1. The first-order chi connectivity index (χ1) is 15.7. The van der Waals surface area contributed by atoms with Crippen LogP contribution < -0.4 is 5.32 Å². The van der Waals surface area contributed by atoms with E-state index >= 15 is 0 Å². The molecule has 2 aromatic heterocycles. The summed E-state index contributed by atoms with van der Waals surface area (Å²) in [6.07, 6.45) is 0.712. The third-order valence-electron chi connectivity index (χ3n) is 4.89. The first-order valence-electron chi connectivity index (χ1n) is 9.92. The van der Waals surface area contributed by atoms with Gasteiger partial charge in [0.25, 0.3) is 5.91 Å². The zero-order valence-corrected chi connectivity index (χ0v) is 20.6. The van der Waals surface area contributed by atoms with Crippen LogP contribution in [0.5, 0.6) is 0 Å². The Morgan fingerprint density at radius 2 is 1.94 bits per heavy atom. The van der Waals surface area contributed by atoms with Crippen LogP contribution in [0.4, 0.5) is 4.39 Å². The molecular formula is C21H21FIN3O6S. The van der Waals surface area contributed by atoms with Gasteiger partial charge in [0.1, 0.15) is 11.6 Å². The van der Waals surface area contributed by atoms with E-state index in [0.29, 0.717) is 33.1 Å². The van der Waals surface area contributed by atoms with Gasteiger partial charge in [-0.25, -0.2) is 17.8 Å². The number of fused-ring (bicyclic) bond motifs is 1. The summed E-state index contributed by atoms with van der Waals surface area (Å²) in [4.78, 5) is 27.7. The van der Waals surface area contributed by atoms with Gasteiger partial charge in [-0.05, 0) is 65.8 Å². The lowest BCUT2D eigenvalue weighted by Crippen LogP contribution is -2.24. The molecule has 0 atom stereocenters. The first-order valence-corrected chi connectivity index (χ1v) is 12.1. The summed E-state index contributed by atoms with van der Waals surface area (Å²) in [7, 11) is -1.43. The van der Waals surface area contributed by atoms with Crippen molar-refractivity contribution >= 4 is 56.5 Å². The molecule has 0 aliphatic heterocycles. The van der Waals surface area contributed by atoms with E-state index in [-0.39, 0.29) is 36.5 Å². The SMILES string of the molecule is CNC(=O)c1c(-c2ccc(F)cc2)oc2nc(CN(CCCCC(=O)O)[SH](=O)=O)c(I)cc12. The number of hydrogen-bond acceptors (Lipinski definition) is 6. The number of carbonyl (C=O) groups excluding carboxylic acids is 1. The number of nitrogens with one attached hydrogen (secondary N) is 1. The Labute approximate surface area is 204 Å². The van der Waals surface area contributed by atoms with E-state index in [0.717, 1.165) is 0 Å². The second-order valence-corrected chi connectivity index (χ2v) is 9.34. The fraction of sp³-hybridized carbons (Fsp3) is 0.286. The first kappa shape index (κ1) is 25.1. The van der Waals surface area contributed by atoms with Gasteiger partial charge in [0, 0.05) is 29.1 Å². The van der Waals surface area contributed by atoms with Gasteiger partial charge < -0.3 is 14.8 Å². The molecular weight excluding hydrogens is 568 g/mol. The molecule has 0 bridgehead atoms. The summed E-state index contributed by atoms with van der Waals surface area (Å²) in [6, 6.07) is 7.19. The van der Waals surface area contributed by atoms with Gasteiger partial charge in [-0.3, -0.25) is 9.59 Å². The molecule has 3 rings (SSSR count). The summed E-state index contributed by atoms with van der Waals surface area (Å²) in [5.74, 6) is -1.54. The van der Waals surface area contributed by atoms with Gasteiger partial charge in [-0.15, -0.1) is 0 Å². The third kappa shape index (κ3) is 6.06. The lowest BCUT2D eigenvalue weighted by Gasteiger charge is -2.15. The van der Waals surface area contributed by atoms with Crippen molar-refractivity contribution in [2.24, 2.45) is 0 Å². The number of thiol groups is 1. The molecule has 176 valence electrons. The predicted molar refractivity (Wildman–Crippen MR) is 128 cm³/mol. The lowest BCUT2D eigenvalue weighted by molar-refractivity contribution is -0.137. The lowest BCUT2D eigenvalue weighted by atomic mass is 10.1. The Balaban J connectivity index is 1.98. The number of halogens is 2. The zero-order chi connectivity index (χ0) is 24.1. The van der Waals surface area contributed by atoms with Crippen molar-refractivity contribution in [2.45, 2.75) is 25.8 Å². The quantitative estimate of drug-likeness (QED) is 0.188. The van der Waals surface area contributed by atoms with Crippen LogP contribution in [0.25, 0.3) is 22.4 Å². The maximum absolute atomic E-state index is 13.4. The molecule has 0 saturated carbocycles. The minimum atomic E-state index is -2.92. The molecule has 1 amide bonds. The number of carboxylic acids is 1. The summed E-state index contributed by atoms with van der Waals surface area (Å²) < 4.78 is 44.5. The number of carbonyl (C=O) groups is 2. The van der Waals surface area contributed by atoms with E-state index in [4.69, 9.17) is 9.52 Å². The Morgan fingerprint density at radius 3 is 2.55 bits per heavy atom. The van der Waals surface area contributed by atoms with E-state index in [2.05, 4.69) is 10.3 Å². The van der Waals surface area contributed by atoms with E-state index < -0.39 is 28.6 Å². The Bertz CT molecular complexity index is 1250. The van der Waals surface area contributed by atoms with E-state index in [1.54, 1.807) is 6.07 Å². The standard InChI is InChI=1S/C21H21FIN3O6S/c1-24-20(29)18-14-10-15(23)16(11-26(33(30)31)9-3-2-4-17(27)28)25-21(14)32-19(18)12-5-7-13(22)8-6-12/h5-8,10,33H,2-4,9,11H2,1H3,(H,24,29)(H,27,28). The van der Waals surface area contributed by atoms with Crippen molar-refractivity contribution in [3.8, 4) is 11.3 Å². The predicted octanol–water partition coefficient (Wildman–Crippen LogP) is 3.18. The van der Waals surface area contributed by atoms with Crippen molar-refractivity contribution in [1.29, 1.82) is 0 Å². The maximum Gasteiger partial charge on any atom is 0.303 e. The minimum absolute atomic E-state index is 0.0259. The summed E-state index contributed by atoms with van der Waals surface area (Å²) in [5.41, 5.74) is 1.32. The van der Waals surface area contributed by atoms with Crippen LogP contribution in [0.15, 0.2) is 34.7 Å². The molecule has 9 nitrogen and oxygen atoms in total. The number of rotatable bonds is 10. The van der Waals surface area contributed by atoms with Gasteiger partial charge in [-0.1, -0.05) is 0 Å². The summed E-state index contributed by atoms with van der Waals surface area (Å²) in [6.45, 7) is 0.131. The van der Waals surface area contributed by atoms with Gasteiger partial charge in [0.05, 0.1) is 23.2 Å². The van der Waals surface area contributed by atoms with Crippen molar-refractivity contribution < 1.29 is 31.9 Å². The van der Waals surface area contributed by atoms with E-state index in [1.165, 1.54) is 35.6 Å². The monoisotopic (exact) mass is 589 g/mol. The molecule has 2 heterocycles. The fourth-order valence-electron chi connectivity index (χ4n) is 3.26. The Hall–Kier alpha value is -2.58. The maximum atomic E-state index is 13.4. The highest BCUT2D eigenvalue weighted by Crippen LogP contribution is 2.34. The van der Waals surface area contributed by atoms with Crippen LogP contribution >= 0.6 is 22.6 Å². The number of aliphatic carboxylic acids is 1. The van der Waals surface area contributed by atoms with Crippen molar-refractivity contribution in [1.82, 2.24) is 14.6 Å². The van der Waals surface area contributed by atoms with Crippen molar-refractivity contribution in [3.63, 3.8) is 0 Å². The van der Waals surface area contributed by atoms with Gasteiger partial charge in [0.2, 0.25) is 16.6 Å². The minimum Gasteiger partial charge on any atom is -0.481 e. The smallest absolute Gasteiger partial charge is 0.303 e. The number of pyridine rings is 1. The molecule has 33 heavy (non-hydrogen) atoms. The van der Waals surface area contributed by atoms with Crippen LogP contribution in [0.2, 0.25) is 0 Å². The Kier molecular flexibility index (Phi) is 8.37. The molecule has 0 aliphatic carbocycles. The number of amides is 1. The molecule has 3 aromatic rings. The number of aromatic nitrogens is 1. The van der Waals surface area contributed by atoms with Crippen LogP contribution in [0, 0.1) is 9.39 Å². The second-order valence-electron chi connectivity index (χ2n) is 7.14. The van der Waals surface area contributed by atoms with Crippen LogP contribution in [-0.2, 0) is 22.2 Å². The highest BCUT2D eigenvalue weighted by atomic mass is 127. The van der Waals surface area contributed by atoms with Gasteiger partial charge >= 0.3 is 5.97 Å². The average Bonchev–Trinajstić information content (AvgIpc) is 3.13. The topological polar surface area (TPSA) is 130 Å².